The van der Waals surface area contributed by atoms with Crippen molar-refractivity contribution in [1.82, 2.24) is 10.2 Å². The van der Waals surface area contributed by atoms with Crippen LogP contribution in [0.15, 0.2) is 11.6 Å². The minimum absolute atomic E-state index is 0.0974. The number of nitrogens with one attached hydrogen (secondary N) is 1. The van der Waals surface area contributed by atoms with Crippen LogP contribution in [0.1, 0.15) is 48.5 Å². The summed E-state index contributed by atoms with van der Waals surface area (Å²) in [5, 5.41) is 2.61. The summed E-state index contributed by atoms with van der Waals surface area (Å²) in [6.45, 7) is 13.4. The zero-order valence-electron chi connectivity index (χ0n) is 16.2. The standard InChI is InChI=1S/C18H32N2O4/c1-9-24-17(23)13(4)10-14(12(2)3)20(8)16(22)15(19-11-21)18(5,6)7/h10-12,14-15H,9H2,1-8H3,(H,19,21)/b13-10+. The largest absolute Gasteiger partial charge is 0.463 e. The Morgan fingerprint density at radius 3 is 2.17 bits per heavy atom. The maximum absolute atomic E-state index is 12.9. The molecule has 0 rings (SSSR count). The van der Waals surface area contributed by atoms with Crippen LogP contribution in [0.3, 0.4) is 0 Å². The molecule has 0 aliphatic heterocycles. The van der Waals surface area contributed by atoms with Gasteiger partial charge in [-0.05, 0) is 25.2 Å². The first-order chi connectivity index (χ1) is 11.0. The molecule has 2 amide bonds. The number of ether oxygens (including phenoxy) is 1. The Morgan fingerprint density at radius 2 is 1.79 bits per heavy atom. The summed E-state index contributed by atoms with van der Waals surface area (Å²) in [7, 11) is 1.69. The van der Waals surface area contributed by atoms with Crippen LogP contribution >= 0.6 is 0 Å². The van der Waals surface area contributed by atoms with Gasteiger partial charge in [-0.1, -0.05) is 40.7 Å². The highest BCUT2D eigenvalue weighted by atomic mass is 16.5. The molecular weight excluding hydrogens is 308 g/mol. The Balaban J connectivity index is 5.52. The predicted octanol–water partition coefficient (Wildman–Crippen LogP) is 2.14. The molecule has 2 atom stereocenters. The first-order valence-electron chi connectivity index (χ1n) is 8.29. The van der Waals surface area contributed by atoms with E-state index >= 15 is 0 Å². The van der Waals surface area contributed by atoms with Crippen molar-refractivity contribution in [1.29, 1.82) is 0 Å². The van der Waals surface area contributed by atoms with Crippen LogP contribution in [0.2, 0.25) is 0 Å². The number of hydrogen-bond acceptors (Lipinski definition) is 4. The number of carbonyl (C=O) groups is 3. The van der Waals surface area contributed by atoms with Crippen molar-refractivity contribution in [3.05, 3.63) is 11.6 Å². The fourth-order valence-electron chi connectivity index (χ4n) is 2.43. The van der Waals surface area contributed by atoms with E-state index in [2.05, 4.69) is 5.32 Å². The fraction of sp³-hybridized carbons (Fsp3) is 0.722. The summed E-state index contributed by atoms with van der Waals surface area (Å²) in [4.78, 5) is 37.2. The summed E-state index contributed by atoms with van der Waals surface area (Å²) in [5.41, 5.74) is 0.0408. The zero-order chi connectivity index (χ0) is 19.1. The van der Waals surface area contributed by atoms with E-state index in [1.54, 1.807) is 31.9 Å². The SMILES string of the molecule is CCOC(=O)/C(C)=C/C(C(C)C)N(C)C(=O)C(NC=O)C(C)(C)C. The average Bonchev–Trinajstić information content (AvgIpc) is 2.47. The molecule has 0 aromatic heterocycles. The van der Waals surface area contributed by atoms with Crippen molar-refractivity contribution in [3.63, 3.8) is 0 Å². The molecule has 24 heavy (non-hydrogen) atoms. The molecule has 0 aliphatic rings. The molecule has 0 bridgehead atoms. The predicted molar refractivity (Wildman–Crippen MR) is 94.2 cm³/mol. The third-order valence-electron chi connectivity index (χ3n) is 3.84. The molecule has 0 radical (unpaired) electrons. The lowest BCUT2D eigenvalue weighted by Crippen LogP contribution is -2.54. The molecule has 2 unspecified atom stereocenters. The molecule has 0 fully saturated rings. The van der Waals surface area contributed by atoms with Crippen LogP contribution < -0.4 is 5.32 Å². The zero-order valence-corrected chi connectivity index (χ0v) is 16.2. The van der Waals surface area contributed by atoms with Crippen molar-refractivity contribution in [2.75, 3.05) is 13.7 Å². The van der Waals surface area contributed by atoms with Crippen LogP contribution in [-0.4, -0.2) is 48.9 Å². The van der Waals surface area contributed by atoms with E-state index in [0.29, 0.717) is 18.6 Å². The van der Waals surface area contributed by atoms with Crippen LogP contribution in [0.25, 0.3) is 0 Å². The molecule has 0 saturated carbocycles. The summed E-state index contributed by atoms with van der Waals surface area (Å²) in [5.74, 6) is -0.483. The second-order valence-electron chi connectivity index (χ2n) is 7.34. The fourth-order valence-corrected chi connectivity index (χ4v) is 2.43. The van der Waals surface area contributed by atoms with Crippen molar-refractivity contribution >= 4 is 18.3 Å². The molecule has 0 aromatic rings. The number of likely N-dealkylation sites (N-methyl/N-ethyl adjacent to an activating group) is 1. The summed E-state index contributed by atoms with van der Waals surface area (Å²) in [6.07, 6.45) is 2.30. The third kappa shape index (κ3) is 6.34. The van der Waals surface area contributed by atoms with Gasteiger partial charge in [0.1, 0.15) is 6.04 Å². The van der Waals surface area contributed by atoms with Crippen molar-refractivity contribution in [2.24, 2.45) is 11.3 Å². The lowest BCUT2D eigenvalue weighted by Gasteiger charge is -2.36. The van der Waals surface area contributed by atoms with Gasteiger partial charge in [0.25, 0.3) is 0 Å². The van der Waals surface area contributed by atoms with Gasteiger partial charge in [-0.15, -0.1) is 0 Å². The van der Waals surface area contributed by atoms with E-state index in [9.17, 15) is 14.4 Å². The molecule has 0 spiro atoms. The first-order valence-corrected chi connectivity index (χ1v) is 8.29. The monoisotopic (exact) mass is 340 g/mol. The normalized spacial score (nSPS) is 14.8. The molecule has 0 saturated heterocycles. The minimum atomic E-state index is -0.641. The molecule has 0 aliphatic carbocycles. The number of carbonyl (C=O) groups excluding carboxylic acids is 3. The Morgan fingerprint density at radius 1 is 1.25 bits per heavy atom. The van der Waals surface area contributed by atoms with E-state index in [-0.39, 0.29) is 23.8 Å². The number of amides is 2. The summed E-state index contributed by atoms with van der Waals surface area (Å²) >= 11 is 0. The van der Waals surface area contributed by atoms with Crippen molar-refractivity contribution < 1.29 is 19.1 Å². The minimum Gasteiger partial charge on any atom is -0.463 e. The van der Waals surface area contributed by atoms with Crippen molar-refractivity contribution in [2.45, 2.75) is 60.5 Å². The van der Waals surface area contributed by atoms with Gasteiger partial charge in [-0.3, -0.25) is 9.59 Å². The van der Waals surface area contributed by atoms with Crippen molar-refractivity contribution in [3.8, 4) is 0 Å². The van der Waals surface area contributed by atoms with Gasteiger partial charge in [0.05, 0.1) is 12.6 Å². The van der Waals surface area contributed by atoms with Crippen LogP contribution in [-0.2, 0) is 19.1 Å². The Kier molecular flexibility index (Phi) is 8.72. The van der Waals surface area contributed by atoms with E-state index in [0.717, 1.165) is 0 Å². The lowest BCUT2D eigenvalue weighted by atomic mass is 9.85. The molecule has 138 valence electrons. The van der Waals surface area contributed by atoms with Crippen LogP contribution in [0.4, 0.5) is 0 Å². The van der Waals surface area contributed by atoms with Gasteiger partial charge in [-0.25, -0.2) is 4.79 Å². The van der Waals surface area contributed by atoms with Gasteiger partial charge >= 0.3 is 5.97 Å². The number of esters is 1. The van der Waals surface area contributed by atoms with Gasteiger partial charge in [0, 0.05) is 12.6 Å². The number of rotatable bonds is 8. The highest BCUT2D eigenvalue weighted by Crippen LogP contribution is 2.23. The molecular formula is C18H32N2O4. The highest BCUT2D eigenvalue weighted by Gasteiger charge is 2.35. The van der Waals surface area contributed by atoms with E-state index in [4.69, 9.17) is 4.74 Å². The summed E-state index contributed by atoms with van der Waals surface area (Å²) < 4.78 is 5.00. The quantitative estimate of drug-likeness (QED) is 0.417. The molecule has 0 heterocycles. The first kappa shape index (κ1) is 22.1. The Bertz CT molecular complexity index is 478. The number of nitrogens with zero attached hydrogens (tertiary/aromatic N) is 1. The van der Waals surface area contributed by atoms with E-state index in [1.165, 1.54) is 0 Å². The topological polar surface area (TPSA) is 75.7 Å². The lowest BCUT2D eigenvalue weighted by molar-refractivity contribution is -0.139. The second-order valence-corrected chi connectivity index (χ2v) is 7.34. The Labute approximate surface area is 145 Å². The van der Waals surface area contributed by atoms with Gasteiger partial charge in [0.2, 0.25) is 12.3 Å². The van der Waals surface area contributed by atoms with Gasteiger partial charge < -0.3 is 15.0 Å². The Hall–Kier alpha value is -1.85. The molecule has 0 aromatic carbocycles. The maximum Gasteiger partial charge on any atom is 0.333 e. The molecule has 1 N–H and O–H groups in total. The van der Waals surface area contributed by atoms with Gasteiger partial charge in [0.15, 0.2) is 0 Å². The average molecular weight is 340 g/mol. The second kappa shape index (κ2) is 9.45. The molecule has 6 nitrogen and oxygen atoms in total. The van der Waals surface area contributed by atoms with E-state index < -0.39 is 11.5 Å². The number of hydrogen-bond donors (Lipinski definition) is 1. The summed E-state index contributed by atoms with van der Waals surface area (Å²) in [6, 6.07) is -0.919. The third-order valence-corrected chi connectivity index (χ3v) is 3.84. The van der Waals surface area contributed by atoms with Crippen LogP contribution in [0.5, 0.6) is 0 Å². The highest BCUT2D eigenvalue weighted by molar-refractivity contribution is 5.88. The van der Waals surface area contributed by atoms with Crippen LogP contribution in [0, 0.1) is 11.3 Å². The smallest absolute Gasteiger partial charge is 0.333 e. The maximum atomic E-state index is 12.9. The van der Waals surface area contributed by atoms with Gasteiger partial charge in [-0.2, -0.15) is 0 Å². The molecule has 6 heteroatoms. The van der Waals surface area contributed by atoms with E-state index in [1.807, 2.05) is 34.6 Å².